The van der Waals surface area contributed by atoms with Crippen molar-refractivity contribution in [3.63, 3.8) is 0 Å². The van der Waals surface area contributed by atoms with Crippen molar-refractivity contribution in [3.05, 3.63) is 30.3 Å². The Kier molecular flexibility index (Phi) is 5.50. The summed E-state index contributed by atoms with van der Waals surface area (Å²) in [6, 6.07) is 8.00. The average molecular weight is 218 g/mol. The summed E-state index contributed by atoms with van der Waals surface area (Å²) in [5.74, 6) is 0. The molecule has 78 valence electrons. The standard InChI is InChI=1S/C7H8O3S.CH2O2/c1-10-11(8,9)7-5-3-2-4-6-7;2-1-3/h2-6H,1H3;1H,(H,2,3). The number of carbonyl (C=O) groups is 1. The van der Waals surface area contributed by atoms with Crippen LogP contribution in [0.5, 0.6) is 0 Å². The van der Waals surface area contributed by atoms with Gasteiger partial charge in [0, 0.05) is 0 Å². The van der Waals surface area contributed by atoms with Gasteiger partial charge in [-0.05, 0) is 12.1 Å². The van der Waals surface area contributed by atoms with Gasteiger partial charge < -0.3 is 5.11 Å². The van der Waals surface area contributed by atoms with Crippen LogP contribution in [0.3, 0.4) is 0 Å². The Hall–Kier alpha value is -1.40. The minimum absolute atomic E-state index is 0.183. The molecule has 5 nitrogen and oxygen atoms in total. The van der Waals surface area contributed by atoms with Crippen molar-refractivity contribution in [2.75, 3.05) is 7.11 Å². The van der Waals surface area contributed by atoms with Crippen molar-refractivity contribution in [2.45, 2.75) is 4.90 Å². The first-order chi connectivity index (χ1) is 6.58. The molecule has 0 amide bonds. The van der Waals surface area contributed by atoms with Crippen molar-refractivity contribution >= 4 is 16.6 Å². The summed E-state index contributed by atoms with van der Waals surface area (Å²) in [5, 5.41) is 6.89. The third-order valence-corrected chi connectivity index (χ3v) is 2.54. The van der Waals surface area contributed by atoms with E-state index >= 15 is 0 Å². The van der Waals surface area contributed by atoms with Gasteiger partial charge in [-0.25, -0.2) is 0 Å². The molecule has 0 aromatic heterocycles. The fourth-order valence-corrected chi connectivity index (χ4v) is 1.37. The lowest BCUT2D eigenvalue weighted by Gasteiger charge is -1.98. The predicted molar refractivity (Wildman–Crippen MR) is 49.3 cm³/mol. The van der Waals surface area contributed by atoms with Crippen LogP contribution in [-0.4, -0.2) is 27.1 Å². The van der Waals surface area contributed by atoms with Gasteiger partial charge in [0.15, 0.2) is 0 Å². The van der Waals surface area contributed by atoms with Crippen molar-refractivity contribution in [3.8, 4) is 0 Å². The van der Waals surface area contributed by atoms with E-state index in [0.717, 1.165) is 7.11 Å². The van der Waals surface area contributed by atoms with E-state index in [4.69, 9.17) is 9.90 Å². The second kappa shape index (κ2) is 6.11. The molecule has 1 rings (SSSR count). The maximum absolute atomic E-state index is 11.0. The van der Waals surface area contributed by atoms with Crippen LogP contribution < -0.4 is 0 Å². The van der Waals surface area contributed by atoms with Gasteiger partial charge >= 0.3 is 0 Å². The van der Waals surface area contributed by atoms with Gasteiger partial charge in [-0.1, -0.05) is 18.2 Å². The van der Waals surface area contributed by atoms with E-state index in [2.05, 4.69) is 4.18 Å². The lowest BCUT2D eigenvalue weighted by atomic mass is 10.4. The first-order valence-electron chi connectivity index (χ1n) is 3.52. The fraction of sp³-hybridized carbons (Fsp3) is 0.125. The van der Waals surface area contributed by atoms with Crippen LogP contribution in [0.15, 0.2) is 35.2 Å². The van der Waals surface area contributed by atoms with E-state index in [1.54, 1.807) is 18.2 Å². The zero-order valence-corrected chi connectivity index (χ0v) is 8.27. The van der Waals surface area contributed by atoms with Crippen LogP contribution in [-0.2, 0) is 19.1 Å². The largest absolute Gasteiger partial charge is 0.483 e. The van der Waals surface area contributed by atoms with E-state index in [-0.39, 0.29) is 11.4 Å². The average Bonchev–Trinajstić information content (AvgIpc) is 2.20. The van der Waals surface area contributed by atoms with E-state index in [9.17, 15) is 8.42 Å². The molecule has 0 saturated carbocycles. The second-order valence-electron chi connectivity index (χ2n) is 2.04. The molecule has 0 unspecified atom stereocenters. The molecule has 0 heterocycles. The minimum atomic E-state index is -3.50. The molecule has 1 aromatic rings. The van der Waals surface area contributed by atoms with E-state index in [1.165, 1.54) is 12.1 Å². The second-order valence-corrected chi connectivity index (χ2v) is 3.75. The first kappa shape index (κ1) is 12.6. The Bertz CT molecular complexity index is 357. The highest BCUT2D eigenvalue weighted by Crippen LogP contribution is 2.09. The molecular weight excluding hydrogens is 208 g/mol. The summed E-state index contributed by atoms with van der Waals surface area (Å²) >= 11 is 0. The fourth-order valence-electron chi connectivity index (χ4n) is 0.683. The Morgan fingerprint density at radius 3 is 2.07 bits per heavy atom. The quantitative estimate of drug-likeness (QED) is 0.584. The van der Waals surface area contributed by atoms with Crippen LogP contribution in [0.4, 0.5) is 0 Å². The molecule has 0 atom stereocenters. The topological polar surface area (TPSA) is 80.7 Å². The zero-order valence-electron chi connectivity index (χ0n) is 7.45. The monoisotopic (exact) mass is 218 g/mol. The van der Waals surface area contributed by atoms with E-state index in [0.29, 0.717) is 0 Å². The summed E-state index contributed by atoms with van der Waals surface area (Å²) in [7, 11) is -2.36. The number of hydrogen-bond acceptors (Lipinski definition) is 4. The number of hydrogen-bond donors (Lipinski definition) is 1. The molecule has 0 saturated heterocycles. The molecule has 1 N–H and O–H groups in total. The van der Waals surface area contributed by atoms with Crippen molar-refractivity contribution < 1.29 is 22.5 Å². The molecule has 0 radical (unpaired) electrons. The van der Waals surface area contributed by atoms with E-state index < -0.39 is 10.1 Å². The molecule has 14 heavy (non-hydrogen) atoms. The Labute approximate surface area is 82.1 Å². The highest BCUT2D eigenvalue weighted by molar-refractivity contribution is 7.86. The van der Waals surface area contributed by atoms with Crippen molar-refractivity contribution in [1.82, 2.24) is 0 Å². The third kappa shape index (κ3) is 4.01. The van der Waals surface area contributed by atoms with Crippen LogP contribution in [0.1, 0.15) is 0 Å². The molecule has 0 spiro atoms. The Balaban J connectivity index is 0.000000500. The van der Waals surface area contributed by atoms with Gasteiger partial charge in [0.25, 0.3) is 16.6 Å². The maximum atomic E-state index is 11.0. The van der Waals surface area contributed by atoms with Gasteiger partial charge in [-0.2, -0.15) is 8.42 Å². The highest BCUT2D eigenvalue weighted by atomic mass is 32.2. The van der Waals surface area contributed by atoms with Crippen molar-refractivity contribution in [2.24, 2.45) is 0 Å². The molecule has 0 aliphatic rings. The summed E-state index contributed by atoms with van der Waals surface area (Å²) < 4.78 is 26.3. The summed E-state index contributed by atoms with van der Waals surface area (Å²) in [6.07, 6.45) is 0. The van der Waals surface area contributed by atoms with Crippen LogP contribution >= 0.6 is 0 Å². The number of carboxylic acid groups (broad SMARTS) is 1. The third-order valence-electron chi connectivity index (χ3n) is 1.25. The molecule has 6 heteroatoms. The van der Waals surface area contributed by atoms with Gasteiger partial charge in [-0.3, -0.25) is 8.98 Å². The Morgan fingerprint density at radius 2 is 1.71 bits per heavy atom. The number of benzene rings is 1. The molecule has 0 bridgehead atoms. The summed E-state index contributed by atoms with van der Waals surface area (Å²) in [5.41, 5.74) is 0. The lowest BCUT2D eigenvalue weighted by molar-refractivity contribution is -0.122. The molecule has 0 aliphatic heterocycles. The van der Waals surface area contributed by atoms with Gasteiger partial charge in [0.05, 0.1) is 12.0 Å². The maximum Gasteiger partial charge on any atom is 0.296 e. The van der Waals surface area contributed by atoms with Crippen LogP contribution in [0.2, 0.25) is 0 Å². The lowest BCUT2D eigenvalue weighted by Crippen LogP contribution is -2.01. The normalized spacial score (nSPS) is 9.79. The van der Waals surface area contributed by atoms with Crippen LogP contribution in [0.25, 0.3) is 0 Å². The van der Waals surface area contributed by atoms with Crippen molar-refractivity contribution in [1.29, 1.82) is 0 Å². The first-order valence-corrected chi connectivity index (χ1v) is 4.93. The summed E-state index contributed by atoms with van der Waals surface area (Å²) in [6.45, 7) is -0.250. The highest BCUT2D eigenvalue weighted by Gasteiger charge is 2.10. The van der Waals surface area contributed by atoms with Gasteiger partial charge in [-0.15, -0.1) is 0 Å². The molecule has 1 aromatic carbocycles. The van der Waals surface area contributed by atoms with Gasteiger partial charge in [0.1, 0.15) is 0 Å². The molecular formula is C8H10O5S. The molecule has 0 aliphatic carbocycles. The Morgan fingerprint density at radius 1 is 1.29 bits per heavy atom. The van der Waals surface area contributed by atoms with Gasteiger partial charge in [0.2, 0.25) is 0 Å². The molecule has 0 fully saturated rings. The minimum Gasteiger partial charge on any atom is -0.483 e. The van der Waals surface area contributed by atoms with Crippen LogP contribution in [0, 0.1) is 0 Å². The zero-order chi connectivity index (χ0) is 11.0. The number of rotatable bonds is 2. The SMILES string of the molecule is COS(=O)(=O)c1ccccc1.O=CO. The van der Waals surface area contributed by atoms with E-state index in [1.807, 2.05) is 0 Å². The predicted octanol–water partition coefficient (Wildman–Crippen LogP) is 0.723. The smallest absolute Gasteiger partial charge is 0.296 e. The summed E-state index contributed by atoms with van der Waals surface area (Å²) in [4.78, 5) is 8.54.